The first-order valence-corrected chi connectivity index (χ1v) is 7.68. The van der Waals surface area contributed by atoms with Gasteiger partial charge in [-0.05, 0) is 25.5 Å². The van der Waals surface area contributed by atoms with Crippen molar-refractivity contribution in [3.8, 4) is 0 Å². The zero-order valence-corrected chi connectivity index (χ0v) is 11.3. The molecule has 0 radical (unpaired) electrons. The number of benzene rings is 1. The summed E-state index contributed by atoms with van der Waals surface area (Å²) in [6.45, 7) is 3.26. The van der Waals surface area contributed by atoms with Crippen LogP contribution in [0.5, 0.6) is 0 Å². The molecule has 2 atom stereocenters. The van der Waals surface area contributed by atoms with Gasteiger partial charge < -0.3 is 10.5 Å². The Morgan fingerprint density at radius 3 is 2.61 bits per heavy atom. The van der Waals surface area contributed by atoms with Crippen molar-refractivity contribution in [2.75, 3.05) is 19.8 Å². The van der Waals surface area contributed by atoms with E-state index >= 15 is 0 Å². The van der Waals surface area contributed by atoms with Crippen molar-refractivity contribution in [2.24, 2.45) is 11.1 Å². The molecule has 1 aliphatic carbocycles. The maximum Gasteiger partial charge on any atom is 0.181 e. The van der Waals surface area contributed by atoms with E-state index in [1.165, 1.54) is 0 Å². The standard InChI is InChI=1S/C13H19NO3S/c1-2-17-10-13(9-14)8-12(13)18(15,16)11-6-4-3-5-7-11/h3-7,12H,2,8-10,14H2,1H3/t12-,13+/m1/s1. The summed E-state index contributed by atoms with van der Waals surface area (Å²) in [4.78, 5) is 0.377. The Balaban J connectivity index is 2.19. The van der Waals surface area contributed by atoms with Crippen LogP contribution in [-0.4, -0.2) is 33.4 Å². The van der Waals surface area contributed by atoms with Gasteiger partial charge in [-0.25, -0.2) is 8.42 Å². The van der Waals surface area contributed by atoms with E-state index in [0.717, 1.165) is 0 Å². The molecule has 100 valence electrons. The highest BCUT2D eigenvalue weighted by atomic mass is 32.2. The molecule has 0 spiro atoms. The number of hydrogen-bond donors (Lipinski definition) is 1. The van der Waals surface area contributed by atoms with Gasteiger partial charge in [0, 0.05) is 18.6 Å². The molecule has 0 unspecified atom stereocenters. The van der Waals surface area contributed by atoms with E-state index < -0.39 is 15.1 Å². The van der Waals surface area contributed by atoms with E-state index in [1.54, 1.807) is 24.3 Å². The van der Waals surface area contributed by atoms with E-state index in [0.29, 0.717) is 31.1 Å². The molecule has 1 aliphatic rings. The number of nitrogens with two attached hydrogens (primary N) is 1. The molecule has 1 fully saturated rings. The van der Waals surface area contributed by atoms with Crippen molar-refractivity contribution >= 4 is 9.84 Å². The lowest BCUT2D eigenvalue weighted by molar-refractivity contribution is 0.104. The van der Waals surface area contributed by atoms with Crippen LogP contribution in [0.15, 0.2) is 35.2 Å². The van der Waals surface area contributed by atoms with Crippen molar-refractivity contribution in [3.63, 3.8) is 0 Å². The fourth-order valence-corrected chi connectivity index (χ4v) is 4.49. The van der Waals surface area contributed by atoms with Crippen LogP contribution in [0, 0.1) is 5.41 Å². The Hall–Kier alpha value is -0.910. The Morgan fingerprint density at radius 2 is 2.06 bits per heavy atom. The first kappa shape index (κ1) is 13.5. The maximum atomic E-state index is 12.4. The minimum Gasteiger partial charge on any atom is -0.381 e. The Kier molecular flexibility index (Phi) is 3.75. The van der Waals surface area contributed by atoms with Crippen molar-refractivity contribution in [1.82, 2.24) is 0 Å². The quantitative estimate of drug-likeness (QED) is 0.843. The molecule has 1 aromatic rings. The van der Waals surface area contributed by atoms with Crippen LogP contribution in [0.2, 0.25) is 0 Å². The van der Waals surface area contributed by atoms with Gasteiger partial charge in [-0.1, -0.05) is 18.2 Å². The molecule has 5 heteroatoms. The van der Waals surface area contributed by atoms with Crippen LogP contribution < -0.4 is 5.73 Å². The first-order valence-electron chi connectivity index (χ1n) is 6.13. The fraction of sp³-hybridized carbons (Fsp3) is 0.538. The van der Waals surface area contributed by atoms with Gasteiger partial charge in [0.05, 0.1) is 16.8 Å². The average Bonchev–Trinajstić information content (AvgIpc) is 3.14. The highest BCUT2D eigenvalue weighted by molar-refractivity contribution is 7.92. The van der Waals surface area contributed by atoms with Gasteiger partial charge in [0.1, 0.15) is 0 Å². The number of rotatable bonds is 6. The van der Waals surface area contributed by atoms with Gasteiger partial charge in [-0.15, -0.1) is 0 Å². The van der Waals surface area contributed by atoms with Crippen LogP contribution in [-0.2, 0) is 14.6 Å². The monoisotopic (exact) mass is 269 g/mol. The second-order valence-corrected chi connectivity index (χ2v) is 6.88. The van der Waals surface area contributed by atoms with Crippen LogP contribution in [0.3, 0.4) is 0 Å². The van der Waals surface area contributed by atoms with Gasteiger partial charge in [0.25, 0.3) is 0 Å². The zero-order valence-electron chi connectivity index (χ0n) is 10.5. The SMILES string of the molecule is CCOC[C@@]1(CN)C[C@H]1S(=O)(=O)c1ccccc1. The van der Waals surface area contributed by atoms with E-state index in [4.69, 9.17) is 10.5 Å². The molecule has 2 rings (SSSR count). The number of sulfone groups is 1. The summed E-state index contributed by atoms with van der Waals surface area (Å²) >= 11 is 0. The molecule has 1 saturated carbocycles. The van der Waals surface area contributed by atoms with Crippen LogP contribution in [0.1, 0.15) is 13.3 Å². The second-order valence-electron chi connectivity index (χ2n) is 4.75. The van der Waals surface area contributed by atoms with Crippen molar-refractivity contribution in [3.05, 3.63) is 30.3 Å². The molecule has 4 nitrogen and oxygen atoms in total. The van der Waals surface area contributed by atoms with Crippen LogP contribution >= 0.6 is 0 Å². The predicted octanol–water partition coefficient (Wildman–Crippen LogP) is 1.21. The summed E-state index contributed by atoms with van der Waals surface area (Å²) in [5.41, 5.74) is 5.35. The number of hydrogen-bond acceptors (Lipinski definition) is 4. The van der Waals surface area contributed by atoms with Gasteiger partial charge in [0.15, 0.2) is 9.84 Å². The zero-order chi connectivity index (χ0) is 13.2. The smallest absolute Gasteiger partial charge is 0.181 e. The fourth-order valence-electron chi connectivity index (χ4n) is 2.25. The van der Waals surface area contributed by atoms with E-state index in [1.807, 2.05) is 13.0 Å². The van der Waals surface area contributed by atoms with E-state index in [2.05, 4.69) is 0 Å². The van der Waals surface area contributed by atoms with E-state index in [9.17, 15) is 8.42 Å². The molecule has 0 aliphatic heterocycles. The molecular weight excluding hydrogens is 250 g/mol. The minimum atomic E-state index is -3.28. The van der Waals surface area contributed by atoms with Crippen LogP contribution in [0.25, 0.3) is 0 Å². The molecule has 0 saturated heterocycles. The predicted molar refractivity (Wildman–Crippen MR) is 70.0 cm³/mol. The lowest BCUT2D eigenvalue weighted by atomic mass is 10.1. The van der Waals surface area contributed by atoms with Crippen molar-refractivity contribution < 1.29 is 13.2 Å². The molecule has 0 aromatic heterocycles. The minimum absolute atomic E-state index is 0.351. The Morgan fingerprint density at radius 1 is 1.39 bits per heavy atom. The summed E-state index contributed by atoms with van der Waals surface area (Å²) < 4.78 is 30.2. The summed E-state index contributed by atoms with van der Waals surface area (Å²) in [5, 5.41) is -0.399. The molecule has 0 bridgehead atoms. The molecule has 0 amide bonds. The van der Waals surface area contributed by atoms with Gasteiger partial charge >= 0.3 is 0 Å². The lowest BCUT2D eigenvalue weighted by Crippen LogP contribution is -2.28. The average molecular weight is 269 g/mol. The van der Waals surface area contributed by atoms with Gasteiger partial charge in [0.2, 0.25) is 0 Å². The van der Waals surface area contributed by atoms with Crippen molar-refractivity contribution in [2.45, 2.75) is 23.5 Å². The normalized spacial score (nSPS) is 27.1. The largest absolute Gasteiger partial charge is 0.381 e. The second kappa shape index (κ2) is 4.99. The summed E-state index contributed by atoms with van der Waals surface area (Å²) in [6.07, 6.45) is 0.598. The molecule has 18 heavy (non-hydrogen) atoms. The first-order chi connectivity index (χ1) is 8.57. The third-order valence-corrected chi connectivity index (χ3v) is 5.91. The summed E-state index contributed by atoms with van der Waals surface area (Å²) in [6, 6.07) is 8.55. The lowest BCUT2D eigenvalue weighted by Gasteiger charge is -2.14. The highest BCUT2D eigenvalue weighted by Gasteiger charge is 2.60. The maximum absolute atomic E-state index is 12.4. The van der Waals surface area contributed by atoms with Crippen LogP contribution in [0.4, 0.5) is 0 Å². The van der Waals surface area contributed by atoms with Crippen molar-refractivity contribution in [1.29, 1.82) is 0 Å². The molecule has 0 heterocycles. The highest BCUT2D eigenvalue weighted by Crippen LogP contribution is 2.51. The Bertz CT molecular complexity index is 500. The molecule has 2 N–H and O–H groups in total. The topological polar surface area (TPSA) is 69.4 Å². The third kappa shape index (κ3) is 2.30. The number of ether oxygens (including phenoxy) is 1. The van der Waals surface area contributed by atoms with Gasteiger partial charge in [-0.2, -0.15) is 0 Å². The van der Waals surface area contributed by atoms with Gasteiger partial charge in [-0.3, -0.25) is 0 Å². The summed E-state index contributed by atoms with van der Waals surface area (Å²) in [5.74, 6) is 0. The summed E-state index contributed by atoms with van der Waals surface area (Å²) in [7, 11) is -3.28. The molecule has 1 aromatic carbocycles. The third-order valence-electron chi connectivity index (χ3n) is 3.56. The van der Waals surface area contributed by atoms with E-state index in [-0.39, 0.29) is 5.41 Å². The molecular formula is C13H19NO3S. The Labute approximate surface area is 108 Å².